The summed E-state index contributed by atoms with van der Waals surface area (Å²) in [5.41, 5.74) is 2.94. The van der Waals surface area contributed by atoms with Crippen LogP contribution in [0.5, 0.6) is 5.75 Å². The molecule has 0 fully saturated rings. The number of carbonyl (C=O) groups excluding carboxylic acids is 1. The van der Waals surface area contributed by atoms with Crippen molar-refractivity contribution in [2.24, 2.45) is 0 Å². The molecule has 0 saturated carbocycles. The zero-order valence-corrected chi connectivity index (χ0v) is 13.0. The minimum absolute atomic E-state index is 0.173. The van der Waals surface area contributed by atoms with E-state index in [1.165, 1.54) is 11.3 Å². The largest absolute Gasteiger partial charge is 0.496 e. The second kappa shape index (κ2) is 5.53. The predicted molar refractivity (Wildman–Crippen MR) is 80.2 cm³/mol. The lowest BCUT2D eigenvalue weighted by molar-refractivity contribution is 0.103. The number of aryl methyl sites for hydroxylation is 1. The average molecular weight is 315 g/mol. The Labute approximate surface area is 125 Å². The van der Waals surface area contributed by atoms with Gasteiger partial charge in [-0.05, 0) is 37.1 Å². The summed E-state index contributed by atoms with van der Waals surface area (Å²) < 4.78 is 6.25. The first-order valence-corrected chi connectivity index (χ1v) is 7.16. The molecule has 0 saturated heterocycles. The second-order valence-electron chi connectivity index (χ2n) is 4.16. The van der Waals surface area contributed by atoms with Crippen molar-refractivity contribution in [2.45, 2.75) is 13.8 Å². The highest BCUT2D eigenvalue weighted by Crippen LogP contribution is 2.35. The molecule has 0 amide bonds. The van der Waals surface area contributed by atoms with Gasteiger partial charge >= 0.3 is 0 Å². The third-order valence-electron chi connectivity index (χ3n) is 3.03. The molecule has 0 N–H and O–H groups in total. The number of hydrogen-bond donors (Lipinski definition) is 0. The number of halogens is 2. The lowest BCUT2D eigenvalue weighted by Crippen LogP contribution is -2.05. The van der Waals surface area contributed by atoms with Crippen LogP contribution < -0.4 is 4.74 Å². The van der Waals surface area contributed by atoms with Crippen molar-refractivity contribution >= 4 is 40.3 Å². The highest BCUT2D eigenvalue weighted by molar-refractivity contribution is 7.20. The number of rotatable bonds is 3. The number of hydrogen-bond acceptors (Lipinski definition) is 3. The van der Waals surface area contributed by atoms with E-state index < -0.39 is 0 Å². The Balaban J connectivity index is 2.56. The lowest BCUT2D eigenvalue weighted by atomic mass is 9.99. The smallest absolute Gasteiger partial charge is 0.199 e. The van der Waals surface area contributed by atoms with Gasteiger partial charge in [0.1, 0.15) is 10.1 Å². The van der Waals surface area contributed by atoms with Crippen LogP contribution in [-0.2, 0) is 0 Å². The molecule has 0 bridgehead atoms. The van der Waals surface area contributed by atoms with Crippen LogP contribution in [0.15, 0.2) is 18.2 Å². The maximum atomic E-state index is 12.5. The average Bonchev–Trinajstić information content (AvgIpc) is 2.71. The number of ether oxygens (including phenoxy) is 1. The van der Waals surface area contributed by atoms with Gasteiger partial charge < -0.3 is 4.74 Å². The van der Waals surface area contributed by atoms with Crippen LogP contribution in [-0.4, -0.2) is 12.9 Å². The van der Waals surface area contributed by atoms with Crippen LogP contribution in [0.2, 0.25) is 8.67 Å². The van der Waals surface area contributed by atoms with E-state index in [0.29, 0.717) is 25.5 Å². The molecule has 1 aromatic carbocycles. The van der Waals surface area contributed by atoms with Crippen molar-refractivity contribution in [2.75, 3.05) is 7.11 Å². The first kappa shape index (κ1) is 14.4. The molecule has 2 aromatic rings. The molecule has 100 valence electrons. The Bertz CT molecular complexity index is 647. The van der Waals surface area contributed by atoms with E-state index in [2.05, 4.69) is 0 Å². The summed E-state index contributed by atoms with van der Waals surface area (Å²) >= 11 is 13.1. The Kier molecular flexibility index (Phi) is 4.19. The van der Waals surface area contributed by atoms with E-state index in [4.69, 9.17) is 27.9 Å². The van der Waals surface area contributed by atoms with Gasteiger partial charge in [0.15, 0.2) is 5.78 Å². The van der Waals surface area contributed by atoms with E-state index in [9.17, 15) is 4.79 Å². The van der Waals surface area contributed by atoms with Crippen molar-refractivity contribution in [3.05, 3.63) is 49.1 Å². The van der Waals surface area contributed by atoms with Crippen molar-refractivity contribution in [3.8, 4) is 5.75 Å². The summed E-state index contributed by atoms with van der Waals surface area (Å²) in [6.45, 7) is 3.90. The molecule has 0 spiro atoms. The molecular weight excluding hydrogens is 303 g/mol. The second-order valence-corrected chi connectivity index (χ2v) is 6.44. The summed E-state index contributed by atoms with van der Waals surface area (Å²) in [5.74, 6) is 0.413. The van der Waals surface area contributed by atoms with Gasteiger partial charge in [-0.15, -0.1) is 11.3 Å². The van der Waals surface area contributed by atoms with Crippen LogP contribution in [0.4, 0.5) is 0 Å². The third-order valence-corrected chi connectivity index (χ3v) is 4.51. The van der Waals surface area contributed by atoms with Gasteiger partial charge in [-0.3, -0.25) is 4.79 Å². The van der Waals surface area contributed by atoms with Gasteiger partial charge in [0, 0.05) is 0 Å². The monoisotopic (exact) mass is 314 g/mol. The van der Waals surface area contributed by atoms with Crippen LogP contribution in [0.1, 0.15) is 27.0 Å². The Hall–Kier alpha value is -1.03. The molecule has 0 unspecified atom stereocenters. The fraction of sp³-hybridized carbons (Fsp3) is 0.214. The van der Waals surface area contributed by atoms with Crippen LogP contribution in [0.25, 0.3) is 0 Å². The molecule has 1 aromatic heterocycles. The minimum Gasteiger partial charge on any atom is -0.496 e. The molecule has 5 heteroatoms. The van der Waals surface area contributed by atoms with E-state index in [-0.39, 0.29) is 5.78 Å². The quantitative estimate of drug-likeness (QED) is 0.752. The first-order chi connectivity index (χ1) is 8.95. The Morgan fingerprint density at radius 3 is 2.42 bits per heavy atom. The van der Waals surface area contributed by atoms with Crippen LogP contribution in [0.3, 0.4) is 0 Å². The van der Waals surface area contributed by atoms with Crippen LogP contribution >= 0.6 is 34.5 Å². The summed E-state index contributed by atoms with van der Waals surface area (Å²) in [5, 5.41) is 0. The molecule has 2 rings (SSSR count). The number of ketones is 1. The minimum atomic E-state index is -0.173. The van der Waals surface area contributed by atoms with Crippen molar-refractivity contribution in [3.63, 3.8) is 0 Å². The first-order valence-electron chi connectivity index (χ1n) is 5.59. The molecule has 19 heavy (non-hydrogen) atoms. The molecule has 0 atom stereocenters. The number of carbonyl (C=O) groups is 1. The molecule has 0 aliphatic rings. The van der Waals surface area contributed by atoms with Gasteiger partial charge in [0.25, 0.3) is 0 Å². The maximum Gasteiger partial charge on any atom is 0.199 e. The highest BCUT2D eigenvalue weighted by atomic mass is 35.5. The standard InChI is InChI=1S/C14H12Cl2O2S/c1-7-4-5-9(13(18-3)8(7)2)12(17)10-6-11(15)19-14(10)16/h4-6H,1-3H3. The Morgan fingerprint density at radius 1 is 1.21 bits per heavy atom. The topological polar surface area (TPSA) is 26.3 Å². The van der Waals surface area contributed by atoms with Gasteiger partial charge in [-0.1, -0.05) is 29.3 Å². The SMILES string of the molecule is COc1c(C(=O)c2cc(Cl)sc2Cl)ccc(C)c1C. The van der Waals surface area contributed by atoms with Crippen molar-refractivity contribution in [1.82, 2.24) is 0 Å². The van der Waals surface area contributed by atoms with Gasteiger partial charge in [0.2, 0.25) is 0 Å². The van der Waals surface area contributed by atoms with E-state index in [0.717, 1.165) is 11.1 Å². The molecule has 2 nitrogen and oxygen atoms in total. The van der Waals surface area contributed by atoms with E-state index in [1.54, 1.807) is 19.2 Å². The van der Waals surface area contributed by atoms with Gasteiger partial charge in [-0.2, -0.15) is 0 Å². The summed E-state index contributed by atoms with van der Waals surface area (Å²) in [6.07, 6.45) is 0. The van der Waals surface area contributed by atoms with Gasteiger partial charge in [0.05, 0.1) is 22.6 Å². The predicted octanol–water partition coefficient (Wildman–Crippen LogP) is 4.91. The fourth-order valence-corrected chi connectivity index (χ4v) is 3.33. The fourth-order valence-electron chi connectivity index (χ4n) is 1.87. The molecule has 1 heterocycles. The molecule has 0 radical (unpaired) electrons. The maximum absolute atomic E-state index is 12.5. The molecule has 0 aliphatic carbocycles. The summed E-state index contributed by atoms with van der Waals surface area (Å²) in [7, 11) is 1.56. The molecule has 0 aliphatic heterocycles. The lowest BCUT2D eigenvalue weighted by Gasteiger charge is -2.12. The Morgan fingerprint density at radius 2 is 1.89 bits per heavy atom. The zero-order chi connectivity index (χ0) is 14.2. The summed E-state index contributed by atoms with van der Waals surface area (Å²) in [6, 6.07) is 5.24. The van der Waals surface area contributed by atoms with Crippen LogP contribution in [0, 0.1) is 13.8 Å². The number of benzene rings is 1. The van der Waals surface area contributed by atoms with E-state index in [1.807, 2.05) is 19.9 Å². The van der Waals surface area contributed by atoms with Gasteiger partial charge in [-0.25, -0.2) is 0 Å². The van der Waals surface area contributed by atoms with Crippen molar-refractivity contribution < 1.29 is 9.53 Å². The van der Waals surface area contributed by atoms with E-state index >= 15 is 0 Å². The third kappa shape index (κ3) is 2.64. The summed E-state index contributed by atoms with van der Waals surface area (Å²) in [4.78, 5) is 12.5. The molecular formula is C14H12Cl2O2S. The number of thiophene rings is 1. The van der Waals surface area contributed by atoms with Crippen molar-refractivity contribution in [1.29, 1.82) is 0 Å². The highest BCUT2D eigenvalue weighted by Gasteiger charge is 2.21. The zero-order valence-electron chi connectivity index (χ0n) is 10.7. The number of methoxy groups -OCH3 is 1. The normalized spacial score (nSPS) is 10.6.